The lowest BCUT2D eigenvalue weighted by Crippen LogP contribution is -2.51. The molecule has 0 aromatic carbocycles. The maximum atomic E-state index is 5.70. The fraction of sp³-hybridized carbons (Fsp3) is 0.800. The lowest BCUT2D eigenvalue weighted by molar-refractivity contribution is 0.0821. The minimum Gasteiger partial charge on any atom is -0.375 e. The van der Waals surface area contributed by atoms with Gasteiger partial charge in [0.2, 0.25) is 0 Å². The molecule has 6 heteroatoms. The predicted octanol–water partition coefficient (Wildman–Crippen LogP) is 1.33. The topological polar surface area (TPSA) is 48.6 Å². The second kappa shape index (κ2) is 7.05. The van der Waals surface area contributed by atoms with E-state index in [-0.39, 0.29) is 0 Å². The van der Waals surface area contributed by atoms with E-state index >= 15 is 0 Å². The fourth-order valence-electron chi connectivity index (χ4n) is 3.42. The van der Waals surface area contributed by atoms with E-state index in [2.05, 4.69) is 26.7 Å². The van der Waals surface area contributed by atoms with Crippen molar-refractivity contribution in [3.63, 3.8) is 0 Å². The Hall–Kier alpha value is -0.690. The van der Waals surface area contributed by atoms with Gasteiger partial charge < -0.3 is 10.6 Å². The molecule has 0 aliphatic carbocycles. The van der Waals surface area contributed by atoms with Gasteiger partial charge in [0.1, 0.15) is 0 Å². The predicted molar refractivity (Wildman–Crippen MR) is 88.5 cm³/mol. The van der Waals surface area contributed by atoms with Crippen LogP contribution in [0.25, 0.3) is 0 Å². The summed E-state index contributed by atoms with van der Waals surface area (Å²) in [6.45, 7) is 8.24. The zero-order chi connectivity index (χ0) is 14.7. The summed E-state index contributed by atoms with van der Waals surface area (Å²) in [4.78, 5) is 13.1. The van der Waals surface area contributed by atoms with E-state index in [1.54, 1.807) is 11.3 Å². The van der Waals surface area contributed by atoms with Gasteiger partial charge >= 0.3 is 0 Å². The van der Waals surface area contributed by atoms with E-state index in [1.165, 1.54) is 50.3 Å². The first-order valence-electron chi connectivity index (χ1n) is 8.06. The van der Waals surface area contributed by atoms with E-state index < -0.39 is 0 Å². The average Bonchev–Trinajstić information content (AvgIpc) is 2.89. The molecule has 0 radical (unpaired) electrons. The van der Waals surface area contributed by atoms with Crippen LogP contribution in [0.4, 0.5) is 5.13 Å². The summed E-state index contributed by atoms with van der Waals surface area (Å²) < 4.78 is 0. The molecule has 0 spiro atoms. The van der Waals surface area contributed by atoms with Crippen LogP contribution in [-0.4, -0.2) is 72.0 Å². The number of anilines is 1. The summed E-state index contributed by atoms with van der Waals surface area (Å²) in [5, 5.41) is 0.684. The van der Waals surface area contributed by atoms with Crippen LogP contribution in [0.5, 0.6) is 0 Å². The van der Waals surface area contributed by atoms with Crippen LogP contribution in [-0.2, 0) is 6.54 Å². The number of nitrogens with zero attached hydrogens (tertiary/aromatic N) is 4. The van der Waals surface area contributed by atoms with E-state index in [0.717, 1.165) is 25.7 Å². The molecule has 0 saturated carbocycles. The molecule has 3 rings (SSSR count). The van der Waals surface area contributed by atoms with Crippen LogP contribution in [0.2, 0.25) is 0 Å². The summed E-state index contributed by atoms with van der Waals surface area (Å²) in [6.07, 6.45) is 6.07. The molecule has 2 aliphatic rings. The summed E-state index contributed by atoms with van der Waals surface area (Å²) in [5.74, 6) is 0. The molecule has 1 atom stereocenters. The molecule has 21 heavy (non-hydrogen) atoms. The number of piperidine rings is 1. The van der Waals surface area contributed by atoms with E-state index in [1.807, 2.05) is 6.20 Å². The highest BCUT2D eigenvalue weighted by molar-refractivity contribution is 7.15. The normalized spacial score (nSPS) is 26.2. The average molecular weight is 309 g/mol. The van der Waals surface area contributed by atoms with Crippen LogP contribution >= 0.6 is 11.3 Å². The van der Waals surface area contributed by atoms with Gasteiger partial charge in [0.25, 0.3) is 0 Å². The van der Waals surface area contributed by atoms with E-state index in [9.17, 15) is 0 Å². The molecular weight excluding hydrogens is 282 g/mol. The zero-order valence-corrected chi connectivity index (χ0v) is 13.8. The molecule has 1 aromatic heterocycles. The molecular formula is C15H27N5S. The third-order valence-corrected chi connectivity index (χ3v) is 5.62. The van der Waals surface area contributed by atoms with Crippen LogP contribution < -0.4 is 5.73 Å². The maximum Gasteiger partial charge on any atom is 0.180 e. The quantitative estimate of drug-likeness (QED) is 0.909. The van der Waals surface area contributed by atoms with E-state index in [0.29, 0.717) is 5.13 Å². The summed E-state index contributed by atoms with van der Waals surface area (Å²) >= 11 is 1.62. The van der Waals surface area contributed by atoms with Crippen molar-refractivity contribution in [2.45, 2.75) is 31.8 Å². The molecule has 1 unspecified atom stereocenters. The molecule has 2 fully saturated rings. The summed E-state index contributed by atoms with van der Waals surface area (Å²) in [6, 6.07) is 0.770. The lowest BCUT2D eigenvalue weighted by Gasteiger charge is -2.40. The first kappa shape index (κ1) is 15.2. The third kappa shape index (κ3) is 4.16. The molecule has 0 amide bonds. The number of nitrogen functional groups attached to an aromatic ring is 1. The van der Waals surface area contributed by atoms with Crippen molar-refractivity contribution in [1.29, 1.82) is 0 Å². The number of piperazine rings is 1. The monoisotopic (exact) mass is 309 g/mol. The number of hydrogen-bond acceptors (Lipinski definition) is 6. The molecule has 2 N–H and O–H groups in total. The van der Waals surface area contributed by atoms with Gasteiger partial charge in [-0.3, -0.25) is 9.80 Å². The molecule has 1 aromatic rings. The van der Waals surface area contributed by atoms with Crippen molar-refractivity contribution >= 4 is 16.5 Å². The minimum absolute atomic E-state index is 0.684. The van der Waals surface area contributed by atoms with Crippen molar-refractivity contribution in [3.8, 4) is 0 Å². The Bertz CT molecular complexity index is 441. The van der Waals surface area contributed by atoms with Gasteiger partial charge in [0.05, 0.1) is 0 Å². The van der Waals surface area contributed by atoms with Crippen molar-refractivity contribution in [2.75, 3.05) is 52.0 Å². The Morgan fingerprint density at radius 1 is 1.19 bits per heavy atom. The van der Waals surface area contributed by atoms with Gasteiger partial charge in [-0.2, -0.15) is 0 Å². The van der Waals surface area contributed by atoms with Crippen molar-refractivity contribution in [3.05, 3.63) is 11.1 Å². The number of thiazole rings is 1. The minimum atomic E-state index is 0.684. The number of likely N-dealkylation sites (N-methyl/N-ethyl adjacent to an activating group) is 1. The molecule has 5 nitrogen and oxygen atoms in total. The molecule has 3 heterocycles. The summed E-state index contributed by atoms with van der Waals surface area (Å²) in [7, 11) is 2.29. The van der Waals surface area contributed by atoms with Crippen LogP contribution in [0, 0.1) is 0 Å². The Balaban J connectivity index is 1.42. The third-order valence-electron chi connectivity index (χ3n) is 4.81. The standard InChI is InChI=1S/C15H27N5S/c1-18-5-3-2-4-13(18)11-19-6-8-20(9-7-19)12-14-10-17-15(16)21-14/h10,13H,2-9,11-12H2,1H3,(H2,16,17). The fourth-order valence-corrected chi connectivity index (χ4v) is 4.15. The van der Waals surface area contributed by atoms with Gasteiger partial charge in [0, 0.05) is 56.4 Å². The van der Waals surface area contributed by atoms with Crippen LogP contribution in [0.1, 0.15) is 24.1 Å². The van der Waals surface area contributed by atoms with Gasteiger partial charge in [-0.1, -0.05) is 6.42 Å². The molecule has 2 saturated heterocycles. The Kier molecular flexibility index (Phi) is 5.11. The van der Waals surface area contributed by atoms with Crippen LogP contribution in [0.3, 0.4) is 0 Å². The number of aromatic nitrogens is 1. The highest BCUT2D eigenvalue weighted by Gasteiger charge is 2.24. The highest BCUT2D eigenvalue weighted by Crippen LogP contribution is 2.19. The molecule has 118 valence electrons. The smallest absolute Gasteiger partial charge is 0.180 e. The van der Waals surface area contributed by atoms with Crippen molar-refractivity contribution < 1.29 is 0 Å². The lowest BCUT2D eigenvalue weighted by atomic mass is 10.0. The van der Waals surface area contributed by atoms with Gasteiger partial charge in [-0.05, 0) is 26.4 Å². The first-order chi connectivity index (χ1) is 10.2. The number of hydrogen-bond donors (Lipinski definition) is 1. The van der Waals surface area contributed by atoms with Gasteiger partial charge in [-0.15, -0.1) is 11.3 Å². The maximum absolute atomic E-state index is 5.70. The van der Waals surface area contributed by atoms with E-state index in [4.69, 9.17) is 5.73 Å². The highest BCUT2D eigenvalue weighted by atomic mass is 32.1. The summed E-state index contributed by atoms with van der Waals surface area (Å²) in [5.41, 5.74) is 5.70. The molecule has 0 bridgehead atoms. The second-order valence-corrected chi connectivity index (χ2v) is 7.52. The first-order valence-corrected chi connectivity index (χ1v) is 8.87. The number of nitrogens with two attached hydrogens (primary N) is 1. The Morgan fingerprint density at radius 3 is 2.62 bits per heavy atom. The SMILES string of the molecule is CN1CCCCC1CN1CCN(Cc2cnc(N)s2)CC1. The van der Waals surface area contributed by atoms with Gasteiger partial charge in [-0.25, -0.2) is 4.98 Å². The molecule has 2 aliphatic heterocycles. The van der Waals surface area contributed by atoms with Crippen molar-refractivity contribution in [2.24, 2.45) is 0 Å². The number of rotatable bonds is 4. The Labute approximate surface area is 131 Å². The van der Waals surface area contributed by atoms with Crippen molar-refractivity contribution in [1.82, 2.24) is 19.7 Å². The largest absolute Gasteiger partial charge is 0.375 e. The van der Waals surface area contributed by atoms with Gasteiger partial charge in [0.15, 0.2) is 5.13 Å². The Morgan fingerprint density at radius 2 is 1.95 bits per heavy atom. The second-order valence-electron chi connectivity index (χ2n) is 6.37. The number of likely N-dealkylation sites (tertiary alicyclic amines) is 1. The zero-order valence-electron chi connectivity index (χ0n) is 13.0. The van der Waals surface area contributed by atoms with Crippen LogP contribution in [0.15, 0.2) is 6.20 Å².